The molecule has 0 bridgehead atoms. The molecule has 10 heteroatoms. The molecular formula is C22H23FN6O3. The van der Waals surface area contributed by atoms with Crippen molar-refractivity contribution in [3.63, 3.8) is 0 Å². The SMILES string of the molecule is COc1ccc(C2CC3C4NN(CC(=O)Nc5ccc(F)cc5)C(=O)N4C=CN3N2)cc1. The summed E-state index contributed by atoms with van der Waals surface area (Å²) < 4.78 is 18.3. The Morgan fingerprint density at radius 1 is 1.12 bits per heavy atom. The summed E-state index contributed by atoms with van der Waals surface area (Å²) in [5, 5.41) is 5.98. The van der Waals surface area contributed by atoms with Crippen LogP contribution in [0.3, 0.4) is 0 Å². The lowest BCUT2D eigenvalue weighted by atomic mass is 10.00. The van der Waals surface area contributed by atoms with E-state index in [2.05, 4.69) is 16.2 Å². The predicted octanol–water partition coefficient (Wildman–Crippen LogP) is 2.15. The standard InChI is InChI=1S/C22H23FN6O3/c1-32-17-8-2-14(3-9-17)18-12-19-21-26-29(22(31)27(21)10-11-28(19)25-18)13-20(30)24-16-6-4-15(23)5-7-16/h2-11,18-19,21,25-26H,12-13H2,1H3,(H,24,30). The second kappa shape index (κ2) is 8.13. The summed E-state index contributed by atoms with van der Waals surface area (Å²) in [7, 11) is 1.64. The molecule has 3 aliphatic heterocycles. The minimum atomic E-state index is -0.384. The largest absolute Gasteiger partial charge is 0.497 e. The Morgan fingerprint density at radius 2 is 1.88 bits per heavy atom. The summed E-state index contributed by atoms with van der Waals surface area (Å²) in [5.74, 6) is 0.0395. The minimum absolute atomic E-state index is 0.0128. The molecule has 2 aromatic rings. The van der Waals surface area contributed by atoms with Crippen LogP contribution in [-0.4, -0.2) is 52.7 Å². The maximum Gasteiger partial charge on any atom is 0.340 e. The van der Waals surface area contributed by atoms with Gasteiger partial charge in [-0.25, -0.2) is 25.0 Å². The number of hydrazine groups is 2. The third kappa shape index (κ3) is 3.74. The van der Waals surface area contributed by atoms with Crippen LogP contribution in [0.5, 0.6) is 5.75 Å². The Labute approximate surface area is 184 Å². The van der Waals surface area contributed by atoms with Crippen LogP contribution in [0, 0.1) is 5.82 Å². The average Bonchev–Trinajstić information content (AvgIpc) is 3.37. The maximum absolute atomic E-state index is 13.0. The fourth-order valence-electron chi connectivity index (χ4n) is 4.26. The number of anilines is 1. The summed E-state index contributed by atoms with van der Waals surface area (Å²) in [4.78, 5) is 26.9. The topological polar surface area (TPSA) is 89.2 Å². The highest BCUT2D eigenvalue weighted by molar-refractivity contribution is 5.94. The Kier molecular flexibility index (Phi) is 5.16. The summed E-state index contributed by atoms with van der Waals surface area (Å²) >= 11 is 0. The van der Waals surface area contributed by atoms with Gasteiger partial charge in [0.15, 0.2) is 0 Å². The molecule has 0 radical (unpaired) electrons. The van der Waals surface area contributed by atoms with E-state index in [1.165, 1.54) is 29.3 Å². The van der Waals surface area contributed by atoms with Crippen LogP contribution in [0.4, 0.5) is 14.9 Å². The van der Waals surface area contributed by atoms with E-state index in [1.54, 1.807) is 18.2 Å². The van der Waals surface area contributed by atoms with Crippen molar-refractivity contribution in [3.8, 4) is 5.75 Å². The van der Waals surface area contributed by atoms with Gasteiger partial charge in [0.1, 0.15) is 24.3 Å². The number of nitrogens with one attached hydrogen (secondary N) is 3. The molecule has 2 aromatic carbocycles. The normalized spacial score (nSPS) is 23.9. The molecule has 32 heavy (non-hydrogen) atoms. The Hall–Kier alpha value is -3.63. The lowest BCUT2D eigenvalue weighted by Crippen LogP contribution is -2.54. The van der Waals surface area contributed by atoms with Crippen LogP contribution in [-0.2, 0) is 4.79 Å². The molecule has 3 unspecified atom stereocenters. The maximum atomic E-state index is 13.0. The van der Waals surface area contributed by atoms with Crippen LogP contribution in [0.15, 0.2) is 60.9 Å². The lowest BCUT2D eigenvalue weighted by molar-refractivity contribution is -0.117. The van der Waals surface area contributed by atoms with Gasteiger partial charge in [0.25, 0.3) is 0 Å². The van der Waals surface area contributed by atoms with Gasteiger partial charge in [-0.2, -0.15) is 0 Å². The zero-order chi connectivity index (χ0) is 22.2. The highest BCUT2D eigenvalue weighted by Crippen LogP contribution is 2.35. The zero-order valence-electron chi connectivity index (χ0n) is 17.4. The number of methoxy groups -OCH3 is 1. The lowest BCUT2D eigenvalue weighted by Gasteiger charge is -2.34. The van der Waals surface area contributed by atoms with Gasteiger partial charge in [0.05, 0.1) is 19.2 Å². The number of nitrogens with zero attached hydrogens (tertiary/aromatic N) is 3. The molecule has 2 saturated heterocycles. The molecule has 3 N–H and O–H groups in total. The van der Waals surface area contributed by atoms with Crippen molar-refractivity contribution in [2.45, 2.75) is 24.7 Å². The van der Waals surface area contributed by atoms with Crippen molar-refractivity contribution < 1.29 is 18.7 Å². The Morgan fingerprint density at radius 3 is 2.59 bits per heavy atom. The second-order valence-electron chi connectivity index (χ2n) is 7.87. The summed E-state index contributed by atoms with van der Waals surface area (Å²) in [5.41, 5.74) is 8.22. The summed E-state index contributed by atoms with van der Waals surface area (Å²) in [6.07, 6.45) is 4.01. The molecule has 166 valence electrons. The van der Waals surface area contributed by atoms with E-state index in [-0.39, 0.29) is 42.5 Å². The Bertz CT molecular complexity index is 1040. The third-order valence-corrected chi connectivity index (χ3v) is 5.88. The number of halogens is 1. The van der Waals surface area contributed by atoms with Gasteiger partial charge in [0, 0.05) is 18.1 Å². The average molecular weight is 438 g/mol. The molecule has 3 atom stereocenters. The highest BCUT2D eigenvalue weighted by atomic mass is 19.1. The number of ether oxygens (including phenoxy) is 1. The molecule has 2 fully saturated rings. The van der Waals surface area contributed by atoms with Crippen LogP contribution in [0.2, 0.25) is 0 Å². The van der Waals surface area contributed by atoms with E-state index in [0.29, 0.717) is 5.69 Å². The number of benzene rings is 2. The number of carbonyl (C=O) groups is 2. The van der Waals surface area contributed by atoms with Gasteiger partial charge in [-0.05, 0) is 48.4 Å². The Balaban J connectivity index is 1.24. The fraction of sp³-hybridized carbons (Fsp3) is 0.273. The first-order chi connectivity index (χ1) is 15.5. The number of hydrogen-bond acceptors (Lipinski definition) is 6. The number of amides is 3. The molecule has 0 saturated carbocycles. The first-order valence-electron chi connectivity index (χ1n) is 10.3. The number of hydrogen-bond donors (Lipinski definition) is 3. The monoisotopic (exact) mass is 438 g/mol. The predicted molar refractivity (Wildman–Crippen MR) is 114 cm³/mol. The first-order valence-corrected chi connectivity index (χ1v) is 10.3. The minimum Gasteiger partial charge on any atom is -0.497 e. The van der Waals surface area contributed by atoms with E-state index >= 15 is 0 Å². The summed E-state index contributed by atoms with van der Waals surface area (Å²) in [6.45, 7) is -0.168. The van der Waals surface area contributed by atoms with Gasteiger partial charge in [0.2, 0.25) is 5.91 Å². The van der Waals surface area contributed by atoms with Gasteiger partial charge < -0.3 is 15.1 Å². The molecule has 3 aliphatic rings. The van der Waals surface area contributed by atoms with E-state index in [1.807, 2.05) is 35.5 Å². The number of urea groups is 1. The van der Waals surface area contributed by atoms with Crippen molar-refractivity contribution in [1.82, 2.24) is 25.8 Å². The number of carbonyl (C=O) groups excluding carboxylic acids is 2. The van der Waals surface area contributed by atoms with Crippen LogP contribution in [0.25, 0.3) is 0 Å². The van der Waals surface area contributed by atoms with Gasteiger partial charge in [-0.3, -0.25) is 9.69 Å². The molecule has 9 nitrogen and oxygen atoms in total. The van der Waals surface area contributed by atoms with Crippen molar-refractivity contribution in [2.75, 3.05) is 19.0 Å². The zero-order valence-corrected chi connectivity index (χ0v) is 17.4. The van der Waals surface area contributed by atoms with E-state index in [9.17, 15) is 14.0 Å². The molecule has 3 heterocycles. The van der Waals surface area contributed by atoms with Crippen LogP contribution >= 0.6 is 0 Å². The van der Waals surface area contributed by atoms with Gasteiger partial charge >= 0.3 is 6.03 Å². The fourth-order valence-corrected chi connectivity index (χ4v) is 4.26. The van der Waals surface area contributed by atoms with E-state index in [4.69, 9.17) is 4.74 Å². The number of rotatable bonds is 5. The quantitative estimate of drug-likeness (QED) is 0.663. The molecule has 5 rings (SSSR count). The van der Waals surface area contributed by atoms with Crippen molar-refractivity contribution >= 4 is 17.6 Å². The van der Waals surface area contributed by atoms with Crippen LogP contribution < -0.4 is 20.9 Å². The van der Waals surface area contributed by atoms with Crippen molar-refractivity contribution in [2.24, 2.45) is 0 Å². The van der Waals surface area contributed by atoms with Crippen molar-refractivity contribution in [3.05, 3.63) is 72.3 Å². The molecule has 0 aliphatic carbocycles. The molecule has 0 spiro atoms. The smallest absolute Gasteiger partial charge is 0.340 e. The molecule has 0 aromatic heterocycles. The summed E-state index contributed by atoms with van der Waals surface area (Å²) in [6, 6.07) is 13.1. The van der Waals surface area contributed by atoms with Gasteiger partial charge in [-0.15, -0.1) is 0 Å². The van der Waals surface area contributed by atoms with E-state index in [0.717, 1.165) is 17.7 Å². The molecular weight excluding hydrogens is 415 g/mol. The van der Waals surface area contributed by atoms with Crippen molar-refractivity contribution in [1.29, 1.82) is 0 Å². The second-order valence-corrected chi connectivity index (χ2v) is 7.87. The molecule has 3 amide bonds. The first kappa shape index (κ1) is 20.3. The third-order valence-electron chi connectivity index (χ3n) is 5.88. The number of fused-ring (bicyclic) bond motifs is 3. The van der Waals surface area contributed by atoms with Gasteiger partial charge in [-0.1, -0.05) is 12.1 Å². The highest BCUT2D eigenvalue weighted by Gasteiger charge is 2.48. The van der Waals surface area contributed by atoms with Crippen LogP contribution in [0.1, 0.15) is 18.0 Å². The van der Waals surface area contributed by atoms with E-state index < -0.39 is 0 Å².